The van der Waals surface area contributed by atoms with Crippen molar-refractivity contribution in [3.05, 3.63) is 71.9 Å². The molecule has 1 fully saturated rings. The van der Waals surface area contributed by atoms with Gasteiger partial charge in [-0.05, 0) is 49.6 Å². The molecule has 3 heterocycles. The Balaban J connectivity index is 1.50. The maximum Gasteiger partial charge on any atom is 0.289 e. The molecule has 0 radical (unpaired) electrons. The first-order valence-electron chi connectivity index (χ1n) is 9.19. The number of benzene rings is 1. The van der Waals surface area contributed by atoms with Crippen molar-refractivity contribution in [1.82, 2.24) is 14.9 Å². The van der Waals surface area contributed by atoms with Gasteiger partial charge in [0.15, 0.2) is 5.76 Å². The van der Waals surface area contributed by atoms with Crippen LogP contribution in [0.1, 0.15) is 40.6 Å². The number of anilines is 2. The molecule has 0 aliphatic carbocycles. The third kappa shape index (κ3) is 3.84. The van der Waals surface area contributed by atoms with Gasteiger partial charge in [-0.15, -0.1) is 0 Å². The highest BCUT2D eigenvalue weighted by atomic mass is 16.3. The molecule has 1 aliphatic heterocycles. The first-order chi connectivity index (χ1) is 13.2. The zero-order valence-corrected chi connectivity index (χ0v) is 15.3. The fourth-order valence-corrected chi connectivity index (χ4v) is 3.45. The summed E-state index contributed by atoms with van der Waals surface area (Å²) in [5.74, 6) is 1.10. The lowest BCUT2D eigenvalue weighted by Crippen LogP contribution is -2.39. The Kier molecular flexibility index (Phi) is 4.87. The van der Waals surface area contributed by atoms with Gasteiger partial charge in [0.1, 0.15) is 0 Å². The molecule has 6 nitrogen and oxygen atoms in total. The Morgan fingerprint density at radius 3 is 2.93 bits per heavy atom. The molecule has 1 amide bonds. The predicted octanol–water partition coefficient (Wildman–Crippen LogP) is 4.14. The summed E-state index contributed by atoms with van der Waals surface area (Å²) < 4.78 is 5.26. The minimum Gasteiger partial charge on any atom is -0.459 e. The van der Waals surface area contributed by atoms with E-state index in [2.05, 4.69) is 10.3 Å². The van der Waals surface area contributed by atoms with Gasteiger partial charge in [0.2, 0.25) is 5.95 Å². The number of amides is 1. The molecular weight excluding hydrogens is 340 g/mol. The quantitative estimate of drug-likeness (QED) is 0.755. The van der Waals surface area contributed by atoms with Crippen molar-refractivity contribution >= 4 is 17.5 Å². The summed E-state index contributed by atoms with van der Waals surface area (Å²) in [4.78, 5) is 23.5. The first-order valence-corrected chi connectivity index (χ1v) is 9.19. The number of aromatic nitrogens is 2. The number of aryl methyl sites for hydroxylation is 1. The molecule has 0 saturated carbocycles. The fraction of sp³-hybridized carbons (Fsp3) is 0.286. The van der Waals surface area contributed by atoms with E-state index in [1.165, 1.54) is 6.26 Å². The molecule has 0 unspecified atom stereocenters. The van der Waals surface area contributed by atoms with Crippen molar-refractivity contribution in [2.45, 2.75) is 25.7 Å². The Morgan fingerprint density at radius 2 is 2.11 bits per heavy atom. The number of likely N-dealkylation sites (tertiary alicyclic amines) is 1. The van der Waals surface area contributed by atoms with Crippen LogP contribution in [0.2, 0.25) is 0 Å². The second-order valence-electron chi connectivity index (χ2n) is 6.81. The van der Waals surface area contributed by atoms with Crippen molar-refractivity contribution < 1.29 is 9.21 Å². The van der Waals surface area contributed by atoms with Gasteiger partial charge in [-0.3, -0.25) is 4.79 Å². The third-order valence-corrected chi connectivity index (χ3v) is 4.93. The molecule has 138 valence electrons. The van der Waals surface area contributed by atoms with Crippen LogP contribution in [0.3, 0.4) is 0 Å². The van der Waals surface area contributed by atoms with Gasteiger partial charge in [-0.2, -0.15) is 0 Å². The minimum atomic E-state index is -0.0583. The number of carbonyl (C=O) groups excluding carboxylic acids is 1. The van der Waals surface area contributed by atoms with E-state index in [9.17, 15) is 4.79 Å². The molecule has 0 bridgehead atoms. The van der Waals surface area contributed by atoms with Crippen LogP contribution in [0.25, 0.3) is 0 Å². The van der Waals surface area contributed by atoms with Crippen LogP contribution in [0.4, 0.5) is 11.6 Å². The van der Waals surface area contributed by atoms with E-state index < -0.39 is 0 Å². The summed E-state index contributed by atoms with van der Waals surface area (Å²) in [6.45, 7) is 3.43. The van der Waals surface area contributed by atoms with E-state index in [-0.39, 0.29) is 11.8 Å². The topological polar surface area (TPSA) is 71.3 Å². The summed E-state index contributed by atoms with van der Waals surface area (Å²) in [7, 11) is 0. The van der Waals surface area contributed by atoms with Crippen LogP contribution in [0, 0.1) is 6.92 Å². The summed E-state index contributed by atoms with van der Waals surface area (Å²) in [6, 6.07) is 13.4. The number of nitrogens with one attached hydrogen (secondary N) is 1. The SMILES string of the molecule is Cc1ccccc1Nc1nccc([C@H]2CCCN(C(=O)c3ccco3)C2)n1. The number of furan rings is 1. The zero-order chi connectivity index (χ0) is 18.6. The average molecular weight is 362 g/mol. The first kappa shape index (κ1) is 17.3. The standard InChI is InChI=1S/C21H22N4O2/c1-15-6-2-3-8-17(15)23-21-22-11-10-18(24-21)16-7-4-12-25(14-16)20(26)19-9-5-13-27-19/h2-3,5-6,8-11,13,16H,4,7,12,14H2,1H3,(H,22,23,24)/t16-/m0/s1. The van der Waals surface area contributed by atoms with Gasteiger partial charge in [0.05, 0.1) is 12.0 Å². The third-order valence-electron chi connectivity index (χ3n) is 4.93. The van der Waals surface area contributed by atoms with Gasteiger partial charge in [-0.1, -0.05) is 18.2 Å². The highest BCUT2D eigenvalue weighted by Gasteiger charge is 2.27. The van der Waals surface area contributed by atoms with Crippen molar-refractivity contribution in [2.75, 3.05) is 18.4 Å². The number of para-hydroxylation sites is 1. The predicted molar refractivity (Wildman–Crippen MR) is 103 cm³/mol. The van der Waals surface area contributed by atoms with E-state index in [1.54, 1.807) is 18.3 Å². The number of carbonyl (C=O) groups is 1. The van der Waals surface area contributed by atoms with Gasteiger partial charge < -0.3 is 14.6 Å². The second kappa shape index (κ2) is 7.61. The molecule has 1 N–H and O–H groups in total. The number of piperidine rings is 1. The van der Waals surface area contributed by atoms with Crippen LogP contribution < -0.4 is 5.32 Å². The summed E-state index contributed by atoms with van der Waals surface area (Å²) in [5.41, 5.74) is 3.09. The van der Waals surface area contributed by atoms with Crippen LogP contribution in [0.15, 0.2) is 59.3 Å². The molecule has 0 spiro atoms. The van der Waals surface area contributed by atoms with E-state index in [4.69, 9.17) is 9.40 Å². The summed E-state index contributed by atoms with van der Waals surface area (Å²) in [5, 5.41) is 3.29. The Bertz CT molecular complexity index is 923. The van der Waals surface area contributed by atoms with Crippen molar-refractivity contribution in [2.24, 2.45) is 0 Å². The van der Waals surface area contributed by atoms with Crippen LogP contribution >= 0.6 is 0 Å². The van der Waals surface area contributed by atoms with E-state index in [0.29, 0.717) is 18.3 Å². The largest absolute Gasteiger partial charge is 0.459 e. The maximum absolute atomic E-state index is 12.6. The highest BCUT2D eigenvalue weighted by Crippen LogP contribution is 2.27. The second-order valence-corrected chi connectivity index (χ2v) is 6.81. The summed E-state index contributed by atoms with van der Waals surface area (Å²) in [6.07, 6.45) is 5.25. The van der Waals surface area contributed by atoms with E-state index in [1.807, 2.05) is 42.2 Å². The monoisotopic (exact) mass is 362 g/mol. The molecule has 3 aromatic rings. The smallest absolute Gasteiger partial charge is 0.289 e. The average Bonchev–Trinajstić information content (AvgIpc) is 3.24. The Morgan fingerprint density at radius 1 is 1.22 bits per heavy atom. The minimum absolute atomic E-state index is 0.0583. The lowest BCUT2D eigenvalue weighted by Gasteiger charge is -2.32. The number of hydrogen-bond acceptors (Lipinski definition) is 5. The normalized spacial score (nSPS) is 16.9. The van der Waals surface area contributed by atoms with Gasteiger partial charge in [0.25, 0.3) is 5.91 Å². The van der Waals surface area contributed by atoms with Crippen LogP contribution in [0.5, 0.6) is 0 Å². The number of nitrogens with zero attached hydrogens (tertiary/aromatic N) is 3. The fourth-order valence-electron chi connectivity index (χ4n) is 3.45. The molecule has 27 heavy (non-hydrogen) atoms. The van der Waals surface area contributed by atoms with Crippen molar-refractivity contribution in [1.29, 1.82) is 0 Å². The molecule has 1 saturated heterocycles. The number of hydrogen-bond donors (Lipinski definition) is 1. The molecule has 1 aromatic carbocycles. The molecule has 1 aliphatic rings. The molecule has 4 rings (SSSR count). The Hall–Kier alpha value is -3.15. The molecular formula is C21H22N4O2. The molecule has 6 heteroatoms. The van der Waals surface area contributed by atoms with E-state index in [0.717, 1.165) is 36.3 Å². The van der Waals surface area contributed by atoms with Gasteiger partial charge in [-0.25, -0.2) is 9.97 Å². The van der Waals surface area contributed by atoms with Crippen molar-refractivity contribution in [3.8, 4) is 0 Å². The molecule has 1 atom stereocenters. The lowest BCUT2D eigenvalue weighted by molar-refractivity contribution is 0.0673. The van der Waals surface area contributed by atoms with Crippen LogP contribution in [-0.4, -0.2) is 33.9 Å². The number of rotatable bonds is 4. The van der Waals surface area contributed by atoms with Crippen LogP contribution in [-0.2, 0) is 0 Å². The van der Waals surface area contributed by atoms with Gasteiger partial charge >= 0.3 is 0 Å². The maximum atomic E-state index is 12.6. The lowest BCUT2D eigenvalue weighted by atomic mass is 9.94. The molecule has 2 aromatic heterocycles. The van der Waals surface area contributed by atoms with E-state index >= 15 is 0 Å². The highest BCUT2D eigenvalue weighted by molar-refractivity contribution is 5.91. The Labute approximate surface area is 158 Å². The van der Waals surface area contributed by atoms with Gasteiger partial charge in [0, 0.05) is 30.9 Å². The summed E-state index contributed by atoms with van der Waals surface area (Å²) >= 11 is 0. The zero-order valence-electron chi connectivity index (χ0n) is 15.3. The van der Waals surface area contributed by atoms with Crippen molar-refractivity contribution in [3.63, 3.8) is 0 Å².